The lowest BCUT2D eigenvalue weighted by Crippen LogP contribution is -2.16. The van der Waals surface area contributed by atoms with E-state index in [0.717, 1.165) is 23.9 Å². The Bertz CT molecular complexity index is 357. The van der Waals surface area contributed by atoms with E-state index in [0.29, 0.717) is 12.5 Å². The van der Waals surface area contributed by atoms with Crippen molar-refractivity contribution in [1.29, 1.82) is 0 Å². The number of aromatic nitrogens is 2. The molecule has 3 heteroatoms. The molecular weight excluding hydrogens is 222 g/mol. The summed E-state index contributed by atoms with van der Waals surface area (Å²) in [7, 11) is 0. The topological polar surface area (TPSA) is 51.8 Å². The molecule has 0 aromatic carbocycles. The van der Waals surface area contributed by atoms with Gasteiger partial charge in [-0.2, -0.15) is 0 Å². The standard InChI is InChI=1S/C15H25N3/c1-2-3-12-4-6-13(7-5-12)15-17-11-9-14(18-15)8-10-16/h9,11-13H,2-8,10,16H2,1H3. The van der Waals surface area contributed by atoms with Crippen LogP contribution in [0.2, 0.25) is 0 Å². The van der Waals surface area contributed by atoms with Gasteiger partial charge in [0.05, 0.1) is 0 Å². The van der Waals surface area contributed by atoms with E-state index in [-0.39, 0.29) is 0 Å². The van der Waals surface area contributed by atoms with Gasteiger partial charge in [0, 0.05) is 24.2 Å². The Labute approximate surface area is 110 Å². The summed E-state index contributed by atoms with van der Waals surface area (Å²) in [6.07, 6.45) is 10.7. The molecule has 0 aliphatic heterocycles. The van der Waals surface area contributed by atoms with Crippen LogP contribution >= 0.6 is 0 Å². The van der Waals surface area contributed by atoms with Gasteiger partial charge in [0.15, 0.2) is 0 Å². The number of hydrogen-bond donors (Lipinski definition) is 1. The van der Waals surface area contributed by atoms with Crippen LogP contribution in [-0.2, 0) is 6.42 Å². The van der Waals surface area contributed by atoms with Gasteiger partial charge < -0.3 is 5.73 Å². The average molecular weight is 247 g/mol. The van der Waals surface area contributed by atoms with Crippen molar-refractivity contribution >= 4 is 0 Å². The molecule has 3 nitrogen and oxygen atoms in total. The summed E-state index contributed by atoms with van der Waals surface area (Å²) in [4.78, 5) is 9.13. The van der Waals surface area contributed by atoms with Crippen molar-refractivity contribution in [3.63, 3.8) is 0 Å². The van der Waals surface area contributed by atoms with Crippen molar-refractivity contribution in [1.82, 2.24) is 9.97 Å². The van der Waals surface area contributed by atoms with Gasteiger partial charge >= 0.3 is 0 Å². The highest BCUT2D eigenvalue weighted by atomic mass is 14.9. The van der Waals surface area contributed by atoms with Gasteiger partial charge in [0.1, 0.15) is 5.82 Å². The normalized spacial score (nSPS) is 24.1. The average Bonchev–Trinajstić information content (AvgIpc) is 2.41. The molecule has 0 radical (unpaired) electrons. The Morgan fingerprint density at radius 1 is 1.28 bits per heavy atom. The van der Waals surface area contributed by atoms with Crippen LogP contribution in [0.4, 0.5) is 0 Å². The van der Waals surface area contributed by atoms with Crippen LogP contribution < -0.4 is 5.73 Å². The third kappa shape index (κ3) is 3.52. The molecule has 0 spiro atoms. The highest BCUT2D eigenvalue weighted by Gasteiger charge is 2.23. The Morgan fingerprint density at radius 3 is 2.72 bits per heavy atom. The highest BCUT2D eigenvalue weighted by Crippen LogP contribution is 2.36. The van der Waals surface area contributed by atoms with E-state index < -0.39 is 0 Å². The molecule has 1 fully saturated rings. The van der Waals surface area contributed by atoms with E-state index in [2.05, 4.69) is 16.9 Å². The largest absolute Gasteiger partial charge is 0.330 e. The lowest BCUT2D eigenvalue weighted by atomic mass is 9.80. The van der Waals surface area contributed by atoms with E-state index in [1.54, 1.807) is 0 Å². The molecular formula is C15H25N3. The summed E-state index contributed by atoms with van der Waals surface area (Å²) in [6.45, 7) is 2.95. The monoisotopic (exact) mass is 247 g/mol. The fraction of sp³-hybridized carbons (Fsp3) is 0.733. The first kappa shape index (κ1) is 13.5. The molecule has 0 saturated heterocycles. The van der Waals surface area contributed by atoms with Crippen LogP contribution in [-0.4, -0.2) is 16.5 Å². The van der Waals surface area contributed by atoms with Crippen LogP contribution in [0.15, 0.2) is 12.3 Å². The van der Waals surface area contributed by atoms with Gasteiger partial charge in [0.25, 0.3) is 0 Å². The number of nitrogens with two attached hydrogens (primary N) is 1. The zero-order valence-electron chi connectivity index (χ0n) is 11.4. The molecule has 1 aliphatic carbocycles. The molecule has 100 valence electrons. The summed E-state index contributed by atoms with van der Waals surface area (Å²) < 4.78 is 0. The van der Waals surface area contributed by atoms with Crippen LogP contribution in [0.25, 0.3) is 0 Å². The quantitative estimate of drug-likeness (QED) is 0.870. The first-order chi connectivity index (χ1) is 8.83. The van der Waals surface area contributed by atoms with Gasteiger partial charge in [-0.25, -0.2) is 9.97 Å². The summed E-state index contributed by atoms with van der Waals surface area (Å²) in [5.74, 6) is 2.57. The van der Waals surface area contributed by atoms with Crippen molar-refractivity contribution in [2.75, 3.05) is 6.54 Å². The molecule has 1 aromatic rings. The fourth-order valence-corrected chi connectivity index (χ4v) is 3.01. The molecule has 1 heterocycles. The molecule has 0 bridgehead atoms. The predicted octanol–water partition coefficient (Wildman–Crippen LogP) is 3.05. The maximum Gasteiger partial charge on any atom is 0.131 e. The second-order valence-corrected chi connectivity index (χ2v) is 5.45. The molecule has 2 rings (SSSR count). The predicted molar refractivity (Wildman–Crippen MR) is 74.4 cm³/mol. The molecule has 2 N–H and O–H groups in total. The molecule has 1 aliphatic rings. The number of rotatable bonds is 5. The number of nitrogens with zero attached hydrogens (tertiary/aromatic N) is 2. The Balaban J connectivity index is 1.94. The molecule has 0 unspecified atom stereocenters. The molecule has 0 atom stereocenters. The zero-order chi connectivity index (χ0) is 12.8. The summed E-state index contributed by atoms with van der Waals surface area (Å²) in [5.41, 5.74) is 6.68. The second-order valence-electron chi connectivity index (χ2n) is 5.45. The van der Waals surface area contributed by atoms with Gasteiger partial charge in [-0.1, -0.05) is 19.8 Å². The lowest BCUT2D eigenvalue weighted by molar-refractivity contribution is 0.302. The third-order valence-electron chi connectivity index (χ3n) is 4.04. The first-order valence-electron chi connectivity index (χ1n) is 7.35. The Hall–Kier alpha value is -0.960. The smallest absolute Gasteiger partial charge is 0.131 e. The molecule has 18 heavy (non-hydrogen) atoms. The van der Waals surface area contributed by atoms with Crippen molar-refractivity contribution in [3.8, 4) is 0 Å². The Kier molecular flexibility index (Phi) is 5.12. The minimum absolute atomic E-state index is 0.579. The van der Waals surface area contributed by atoms with Gasteiger partial charge in [-0.3, -0.25) is 0 Å². The highest BCUT2D eigenvalue weighted by molar-refractivity contribution is 5.07. The maximum atomic E-state index is 5.58. The van der Waals surface area contributed by atoms with Crippen molar-refractivity contribution in [3.05, 3.63) is 23.8 Å². The van der Waals surface area contributed by atoms with E-state index in [4.69, 9.17) is 5.73 Å². The van der Waals surface area contributed by atoms with E-state index >= 15 is 0 Å². The van der Waals surface area contributed by atoms with Crippen LogP contribution in [0, 0.1) is 5.92 Å². The maximum absolute atomic E-state index is 5.58. The Morgan fingerprint density at radius 2 is 2.06 bits per heavy atom. The second kappa shape index (κ2) is 6.83. The summed E-state index contributed by atoms with van der Waals surface area (Å²) >= 11 is 0. The van der Waals surface area contributed by atoms with Crippen LogP contribution in [0.3, 0.4) is 0 Å². The summed E-state index contributed by atoms with van der Waals surface area (Å²) in [5, 5.41) is 0. The van der Waals surface area contributed by atoms with Crippen LogP contribution in [0.1, 0.15) is 62.9 Å². The van der Waals surface area contributed by atoms with Crippen molar-refractivity contribution < 1.29 is 0 Å². The van der Waals surface area contributed by atoms with Gasteiger partial charge in [0.2, 0.25) is 0 Å². The first-order valence-corrected chi connectivity index (χ1v) is 7.35. The molecule has 1 aromatic heterocycles. The minimum Gasteiger partial charge on any atom is -0.330 e. The molecule has 0 amide bonds. The fourth-order valence-electron chi connectivity index (χ4n) is 3.01. The zero-order valence-corrected chi connectivity index (χ0v) is 11.4. The van der Waals surface area contributed by atoms with Gasteiger partial charge in [-0.15, -0.1) is 0 Å². The van der Waals surface area contributed by atoms with Gasteiger partial charge in [-0.05, 0) is 44.2 Å². The van der Waals surface area contributed by atoms with E-state index in [9.17, 15) is 0 Å². The van der Waals surface area contributed by atoms with Crippen molar-refractivity contribution in [2.45, 2.75) is 57.8 Å². The SMILES string of the molecule is CCCC1CCC(c2nccc(CCN)n2)CC1. The third-order valence-corrected chi connectivity index (χ3v) is 4.04. The van der Waals surface area contributed by atoms with Crippen LogP contribution in [0.5, 0.6) is 0 Å². The van der Waals surface area contributed by atoms with Crippen molar-refractivity contribution in [2.24, 2.45) is 11.7 Å². The number of hydrogen-bond acceptors (Lipinski definition) is 3. The summed E-state index contributed by atoms with van der Waals surface area (Å²) in [6, 6.07) is 1.99. The molecule has 1 saturated carbocycles. The van der Waals surface area contributed by atoms with E-state index in [1.165, 1.54) is 38.5 Å². The minimum atomic E-state index is 0.579. The lowest BCUT2D eigenvalue weighted by Gasteiger charge is -2.27. The van der Waals surface area contributed by atoms with E-state index in [1.807, 2.05) is 12.3 Å².